The smallest absolute Gasteiger partial charge is 0.460 e. The highest BCUT2D eigenvalue weighted by Gasteiger charge is 2.31. The maximum atomic E-state index is 12.6. The first-order chi connectivity index (χ1) is 17.8. The molecule has 0 radical (unpaired) electrons. The van der Waals surface area contributed by atoms with Crippen molar-refractivity contribution >= 4 is 12.0 Å². The van der Waals surface area contributed by atoms with E-state index < -0.39 is 12.5 Å². The summed E-state index contributed by atoms with van der Waals surface area (Å²) < 4.78 is 63.1. The van der Waals surface area contributed by atoms with Gasteiger partial charge in [-0.3, -0.25) is 4.79 Å². The molecule has 1 saturated heterocycles. The normalized spacial score (nSPS) is 15.8. The summed E-state index contributed by atoms with van der Waals surface area (Å²) in [6, 6.07) is 5.23. The number of halogens is 3. The zero-order valence-corrected chi connectivity index (χ0v) is 19.7. The molecule has 3 rings (SSSR count). The number of rotatable bonds is 12. The van der Waals surface area contributed by atoms with E-state index in [1.807, 2.05) is 0 Å². The van der Waals surface area contributed by atoms with Gasteiger partial charge in [0.1, 0.15) is 31.7 Å². The zero-order valence-electron chi connectivity index (χ0n) is 19.7. The van der Waals surface area contributed by atoms with E-state index in [1.165, 1.54) is 47.4 Å². The molecule has 2 heterocycles. The van der Waals surface area contributed by atoms with Gasteiger partial charge in [-0.05, 0) is 23.8 Å². The summed E-state index contributed by atoms with van der Waals surface area (Å²) in [5.41, 5.74) is 0.377. The maximum absolute atomic E-state index is 12.6. The molecule has 0 bridgehead atoms. The Morgan fingerprint density at radius 2 is 1.73 bits per heavy atom. The summed E-state index contributed by atoms with van der Waals surface area (Å²) in [5, 5.41) is 0. The first kappa shape index (κ1) is 27.5. The Hall–Kier alpha value is -4.13. The number of alkyl halides is 3. The van der Waals surface area contributed by atoms with Gasteiger partial charge >= 0.3 is 24.4 Å². The lowest BCUT2D eigenvalue weighted by atomic mass is 10.2. The third kappa shape index (κ3) is 9.44. The molecule has 1 aliphatic heterocycles. The minimum Gasteiger partial charge on any atom is -0.460 e. The highest BCUT2D eigenvalue weighted by molar-refractivity contribution is 5.91. The number of morpholine rings is 1. The number of amides is 1. The van der Waals surface area contributed by atoms with Crippen LogP contribution in [0.3, 0.4) is 0 Å². The average molecular weight is 522 g/mol. The summed E-state index contributed by atoms with van der Waals surface area (Å²) >= 11 is 0. The Morgan fingerprint density at radius 1 is 1.08 bits per heavy atom. The predicted molar refractivity (Wildman–Crippen MR) is 125 cm³/mol. The van der Waals surface area contributed by atoms with E-state index in [2.05, 4.69) is 32.8 Å². The second-order valence-corrected chi connectivity index (χ2v) is 7.42. The van der Waals surface area contributed by atoms with Crippen LogP contribution in [0.5, 0.6) is 23.8 Å². The molecule has 1 aromatic heterocycles. The Bertz CT molecular complexity index is 1080. The van der Waals surface area contributed by atoms with Crippen LogP contribution in [0.2, 0.25) is 0 Å². The van der Waals surface area contributed by atoms with Gasteiger partial charge in [0.15, 0.2) is 0 Å². The summed E-state index contributed by atoms with van der Waals surface area (Å²) in [4.78, 5) is 26.3. The molecular formula is C24H25F3N4O6. The van der Waals surface area contributed by atoms with Crippen molar-refractivity contribution in [1.82, 2.24) is 19.9 Å². The molecule has 198 valence electrons. The predicted octanol–water partition coefficient (Wildman–Crippen LogP) is 3.22. The SMILES string of the molecule is C=CCOc1nc(OCC=C)nc(OCC2CN(C(=O)/C=C/c3cccc(OC(F)(F)F)c3)CCO2)n1. The van der Waals surface area contributed by atoms with Crippen LogP contribution in [0, 0.1) is 0 Å². The third-order valence-electron chi connectivity index (χ3n) is 4.59. The first-order valence-corrected chi connectivity index (χ1v) is 11.1. The van der Waals surface area contributed by atoms with E-state index in [0.29, 0.717) is 12.1 Å². The van der Waals surface area contributed by atoms with Gasteiger partial charge in [0.25, 0.3) is 0 Å². The molecule has 37 heavy (non-hydrogen) atoms. The summed E-state index contributed by atoms with van der Waals surface area (Å²) in [5.74, 6) is -0.712. The van der Waals surface area contributed by atoms with Gasteiger partial charge in [0, 0.05) is 12.6 Å². The van der Waals surface area contributed by atoms with E-state index in [1.54, 1.807) is 6.07 Å². The Balaban J connectivity index is 1.57. The third-order valence-corrected chi connectivity index (χ3v) is 4.59. The standard InChI is InChI=1S/C24H25F3N4O6/c1-3-11-34-21-28-22(35-12-4-2)30-23(29-21)36-16-19-15-31(10-13-33-19)20(32)9-8-17-6-5-7-18(14-17)37-24(25,26)27/h3-9,14,19H,1-2,10-13,15-16H2/b9-8+. The molecule has 1 aromatic carbocycles. The molecule has 0 N–H and O–H groups in total. The number of benzene rings is 1. The summed E-state index contributed by atoms with van der Waals surface area (Å²) in [6.45, 7) is 8.30. The lowest BCUT2D eigenvalue weighted by molar-refractivity contribution is -0.274. The lowest BCUT2D eigenvalue weighted by Crippen LogP contribution is -2.47. The maximum Gasteiger partial charge on any atom is 0.573 e. The molecule has 1 aliphatic rings. The Kier molecular flexibility index (Phi) is 9.84. The second-order valence-electron chi connectivity index (χ2n) is 7.42. The van der Waals surface area contributed by atoms with Gasteiger partial charge in [-0.15, -0.1) is 28.1 Å². The van der Waals surface area contributed by atoms with Crippen molar-refractivity contribution in [2.45, 2.75) is 12.5 Å². The number of carbonyl (C=O) groups excluding carboxylic acids is 1. The molecule has 0 saturated carbocycles. The Labute approximate surface area is 211 Å². The number of ether oxygens (including phenoxy) is 5. The minimum atomic E-state index is -4.80. The number of carbonyl (C=O) groups is 1. The van der Waals surface area contributed by atoms with Gasteiger partial charge < -0.3 is 28.6 Å². The van der Waals surface area contributed by atoms with Crippen molar-refractivity contribution in [3.05, 3.63) is 61.2 Å². The van der Waals surface area contributed by atoms with Crippen molar-refractivity contribution in [2.24, 2.45) is 0 Å². The van der Waals surface area contributed by atoms with Crippen molar-refractivity contribution in [3.63, 3.8) is 0 Å². The molecule has 1 atom stereocenters. The highest BCUT2D eigenvalue weighted by atomic mass is 19.4. The van der Waals surface area contributed by atoms with Gasteiger partial charge in [-0.1, -0.05) is 37.4 Å². The van der Waals surface area contributed by atoms with E-state index >= 15 is 0 Å². The molecule has 1 amide bonds. The molecule has 2 aromatic rings. The van der Waals surface area contributed by atoms with Crippen molar-refractivity contribution in [2.75, 3.05) is 39.5 Å². The van der Waals surface area contributed by atoms with E-state index in [0.717, 1.165) is 0 Å². The molecule has 1 unspecified atom stereocenters. The number of hydrogen-bond acceptors (Lipinski definition) is 9. The van der Waals surface area contributed by atoms with E-state index in [4.69, 9.17) is 18.9 Å². The van der Waals surface area contributed by atoms with Crippen LogP contribution in [0.15, 0.2) is 55.7 Å². The number of hydrogen-bond donors (Lipinski definition) is 0. The van der Waals surface area contributed by atoms with Gasteiger partial charge in [0.05, 0.1) is 13.2 Å². The van der Waals surface area contributed by atoms with Crippen LogP contribution in [-0.2, 0) is 9.53 Å². The zero-order chi connectivity index (χ0) is 26.7. The Morgan fingerprint density at radius 3 is 2.35 bits per heavy atom. The van der Waals surface area contributed by atoms with E-state index in [-0.39, 0.29) is 62.7 Å². The molecule has 1 fully saturated rings. The van der Waals surface area contributed by atoms with Gasteiger partial charge in [-0.2, -0.15) is 0 Å². The van der Waals surface area contributed by atoms with Crippen LogP contribution in [0.4, 0.5) is 13.2 Å². The molecule has 10 nitrogen and oxygen atoms in total. The number of nitrogens with zero attached hydrogens (tertiary/aromatic N) is 4. The van der Waals surface area contributed by atoms with Crippen molar-refractivity contribution in [3.8, 4) is 23.8 Å². The van der Waals surface area contributed by atoms with Crippen molar-refractivity contribution < 1.29 is 41.7 Å². The minimum absolute atomic E-state index is 0.0137. The average Bonchev–Trinajstić information content (AvgIpc) is 2.87. The molecule has 0 aliphatic carbocycles. The summed E-state index contributed by atoms with van der Waals surface area (Å²) in [6.07, 6.45) is 0.447. The number of aromatic nitrogens is 3. The fourth-order valence-corrected chi connectivity index (χ4v) is 3.06. The largest absolute Gasteiger partial charge is 0.573 e. The van der Waals surface area contributed by atoms with Gasteiger partial charge in [-0.25, -0.2) is 0 Å². The first-order valence-electron chi connectivity index (χ1n) is 11.1. The van der Waals surface area contributed by atoms with E-state index in [9.17, 15) is 18.0 Å². The van der Waals surface area contributed by atoms with Crippen LogP contribution in [0.25, 0.3) is 6.08 Å². The topological polar surface area (TPSA) is 105 Å². The van der Waals surface area contributed by atoms with Crippen LogP contribution in [-0.4, -0.2) is 77.7 Å². The fraction of sp³-hybridized carbons (Fsp3) is 0.333. The molecular weight excluding hydrogens is 497 g/mol. The van der Waals surface area contributed by atoms with Gasteiger partial charge in [0.2, 0.25) is 5.91 Å². The van der Waals surface area contributed by atoms with Crippen LogP contribution >= 0.6 is 0 Å². The molecule has 0 spiro atoms. The quantitative estimate of drug-likeness (QED) is 0.307. The van der Waals surface area contributed by atoms with Crippen LogP contribution < -0.4 is 18.9 Å². The summed E-state index contributed by atoms with van der Waals surface area (Å²) in [7, 11) is 0. The second kappa shape index (κ2) is 13.3. The fourth-order valence-electron chi connectivity index (χ4n) is 3.06. The van der Waals surface area contributed by atoms with Crippen LogP contribution in [0.1, 0.15) is 5.56 Å². The lowest BCUT2D eigenvalue weighted by Gasteiger charge is -2.32. The van der Waals surface area contributed by atoms with Crippen molar-refractivity contribution in [1.29, 1.82) is 0 Å². The highest BCUT2D eigenvalue weighted by Crippen LogP contribution is 2.24. The molecule has 13 heteroatoms. The monoisotopic (exact) mass is 522 g/mol.